The molecule has 4 aromatic rings. The van der Waals surface area contributed by atoms with Gasteiger partial charge in [0.15, 0.2) is 6.20 Å². The van der Waals surface area contributed by atoms with E-state index in [-0.39, 0.29) is 5.41 Å². The van der Waals surface area contributed by atoms with Gasteiger partial charge in [-0.2, -0.15) is 10.4 Å². The van der Waals surface area contributed by atoms with Crippen LogP contribution in [0.5, 0.6) is 0 Å². The summed E-state index contributed by atoms with van der Waals surface area (Å²) in [4.78, 5) is 1.22. The van der Waals surface area contributed by atoms with Crippen LogP contribution in [0.2, 0.25) is 0 Å². The molecule has 2 aromatic carbocycles. The van der Waals surface area contributed by atoms with Crippen molar-refractivity contribution in [3.8, 4) is 11.3 Å². The van der Waals surface area contributed by atoms with E-state index in [4.69, 9.17) is 0 Å². The minimum atomic E-state index is 0.0491. The summed E-state index contributed by atoms with van der Waals surface area (Å²) in [6.45, 7) is 11.1. The highest BCUT2D eigenvalue weighted by Crippen LogP contribution is 2.38. The zero-order valence-corrected chi connectivity index (χ0v) is 18.3. The quantitative estimate of drug-likeness (QED) is 0.319. The van der Waals surface area contributed by atoms with Gasteiger partial charge in [-0.15, -0.1) is 17.0 Å². The van der Waals surface area contributed by atoms with E-state index in [1.165, 1.54) is 37.6 Å². The van der Waals surface area contributed by atoms with E-state index in [0.29, 0.717) is 0 Å². The van der Waals surface area contributed by atoms with Crippen molar-refractivity contribution in [3.63, 3.8) is 0 Å². The summed E-state index contributed by atoms with van der Waals surface area (Å²) in [6, 6.07) is 19.7. The van der Waals surface area contributed by atoms with Gasteiger partial charge >= 0.3 is 0 Å². The number of allylic oxidation sites excluding steroid dienone is 1. The second-order valence-corrected chi connectivity index (χ2v) is 9.67. The van der Waals surface area contributed by atoms with Crippen LogP contribution in [0.1, 0.15) is 31.2 Å². The summed E-state index contributed by atoms with van der Waals surface area (Å²) < 4.78 is 1.97. The van der Waals surface area contributed by atoms with Crippen molar-refractivity contribution in [2.75, 3.05) is 0 Å². The fourth-order valence-electron chi connectivity index (χ4n) is 4.13. The third-order valence-corrected chi connectivity index (χ3v) is 6.59. The molecule has 3 heterocycles. The number of thiophene rings is 1. The minimum absolute atomic E-state index is 0.0491. The number of rotatable bonds is 1. The SMILES string of the molecule is C=[n+]1ccc(=C2C=C[N-]c3ccsc32)cc1-c1cc(C(C)(C)C)c2ccccc2c1. The molecule has 148 valence electrons. The number of benzene rings is 2. The van der Waals surface area contributed by atoms with Crippen LogP contribution in [0.25, 0.3) is 32.9 Å². The molecule has 30 heavy (non-hydrogen) atoms. The molecule has 3 heteroatoms. The van der Waals surface area contributed by atoms with Gasteiger partial charge in [-0.05, 0) is 50.1 Å². The Kier molecular flexibility index (Phi) is 4.37. The maximum atomic E-state index is 4.49. The van der Waals surface area contributed by atoms with Crippen molar-refractivity contribution >= 4 is 33.4 Å². The van der Waals surface area contributed by atoms with Gasteiger partial charge in [0.25, 0.3) is 0 Å². The van der Waals surface area contributed by atoms with Gasteiger partial charge in [-0.1, -0.05) is 57.2 Å². The van der Waals surface area contributed by atoms with Crippen molar-refractivity contribution in [3.05, 3.63) is 106 Å². The molecule has 1 aliphatic rings. The van der Waals surface area contributed by atoms with E-state index in [0.717, 1.165) is 11.4 Å². The van der Waals surface area contributed by atoms with Crippen LogP contribution >= 0.6 is 11.3 Å². The molecule has 0 aliphatic carbocycles. The lowest BCUT2D eigenvalue weighted by molar-refractivity contribution is -0.486. The standard InChI is InChI=1S/C27H24N2S/c1-27(2,3)23-16-20(15-18-7-5-6-8-21(18)23)25-17-19(10-13-29(25)4)22-9-12-28-24-11-14-30-26(22)24/h5-17H,4H2,1-3H3. The molecule has 5 rings (SSSR count). The fraction of sp³-hybridized carbons (Fsp3) is 0.148. The van der Waals surface area contributed by atoms with Gasteiger partial charge < -0.3 is 5.32 Å². The van der Waals surface area contributed by atoms with Crippen LogP contribution in [0.3, 0.4) is 0 Å². The largest absolute Gasteiger partial charge is 0.663 e. The number of pyridine rings is 1. The number of nitrogens with zero attached hydrogens (tertiary/aromatic N) is 2. The first kappa shape index (κ1) is 18.8. The third kappa shape index (κ3) is 3.16. The first-order valence-corrected chi connectivity index (χ1v) is 11.0. The lowest BCUT2D eigenvalue weighted by Crippen LogP contribution is -2.22. The summed E-state index contributed by atoms with van der Waals surface area (Å²) >= 11 is 1.74. The Bertz CT molecular complexity index is 1420. The molecule has 0 fully saturated rings. The first-order valence-electron chi connectivity index (χ1n) is 10.1. The third-order valence-electron chi connectivity index (χ3n) is 5.66. The van der Waals surface area contributed by atoms with E-state index in [2.05, 4.69) is 105 Å². The minimum Gasteiger partial charge on any atom is -0.663 e. The fourth-order valence-corrected chi connectivity index (χ4v) is 5.01. The van der Waals surface area contributed by atoms with E-state index in [1.807, 2.05) is 10.4 Å². The maximum Gasteiger partial charge on any atom is 0.217 e. The monoisotopic (exact) mass is 408 g/mol. The van der Waals surface area contributed by atoms with Crippen molar-refractivity contribution in [1.82, 2.24) is 0 Å². The predicted octanol–water partition coefficient (Wildman–Crippen LogP) is 6.52. The van der Waals surface area contributed by atoms with Crippen LogP contribution in [-0.2, 0) is 5.41 Å². The average Bonchev–Trinajstić information content (AvgIpc) is 3.22. The molecule has 0 atom stereocenters. The first-order chi connectivity index (χ1) is 14.4. The Morgan fingerprint density at radius 3 is 2.67 bits per heavy atom. The molecular weight excluding hydrogens is 384 g/mol. The topological polar surface area (TPSA) is 20.0 Å². The number of hydrogen-bond acceptors (Lipinski definition) is 1. The Morgan fingerprint density at radius 2 is 1.83 bits per heavy atom. The lowest BCUT2D eigenvalue weighted by Gasteiger charge is -2.23. The second kappa shape index (κ2) is 6.96. The van der Waals surface area contributed by atoms with Crippen molar-refractivity contribution < 1.29 is 4.24 Å². The number of hydrogen-bond donors (Lipinski definition) is 0. The Hall–Kier alpha value is -3.17. The zero-order chi connectivity index (χ0) is 20.9. The van der Waals surface area contributed by atoms with Crippen LogP contribution in [0, 0.1) is 6.72 Å². The number of aromatic nitrogens is 1. The molecule has 0 unspecified atom stereocenters. The van der Waals surface area contributed by atoms with E-state index >= 15 is 0 Å². The lowest BCUT2D eigenvalue weighted by atomic mass is 9.82. The Labute approximate surface area is 181 Å². The molecule has 0 saturated heterocycles. The summed E-state index contributed by atoms with van der Waals surface area (Å²) in [5, 5.41) is 10.4. The van der Waals surface area contributed by atoms with Gasteiger partial charge in [-0.3, -0.25) is 0 Å². The molecule has 0 amide bonds. The summed E-state index contributed by atoms with van der Waals surface area (Å²) in [5.41, 5.74) is 5.95. The predicted molar refractivity (Wildman–Crippen MR) is 128 cm³/mol. The molecule has 0 bridgehead atoms. The smallest absolute Gasteiger partial charge is 0.217 e. The Balaban J connectivity index is 1.79. The normalized spacial score (nSPS) is 15.2. The van der Waals surface area contributed by atoms with Crippen LogP contribution in [0.15, 0.2) is 78.5 Å². The van der Waals surface area contributed by atoms with Gasteiger partial charge in [0.1, 0.15) is 6.72 Å². The molecular formula is C27H24N2S. The van der Waals surface area contributed by atoms with E-state index in [9.17, 15) is 0 Å². The van der Waals surface area contributed by atoms with Gasteiger partial charge in [0.05, 0.1) is 0 Å². The zero-order valence-electron chi connectivity index (χ0n) is 17.5. The summed E-state index contributed by atoms with van der Waals surface area (Å²) in [5.74, 6) is 0. The molecule has 0 saturated carbocycles. The van der Waals surface area contributed by atoms with Crippen molar-refractivity contribution in [2.45, 2.75) is 26.2 Å². The van der Waals surface area contributed by atoms with E-state index in [1.54, 1.807) is 11.3 Å². The Morgan fingerprint density at radius 1 is 1.00 bits per heavy atom. The van der Waals surface area contributed by atoms with Crippen LogP contribution < -0.4 is 9.46 Å². The highest BCUT2D eigenvalue weighted by molar-refractivity contribution is 7.11. The van der Waals surface area contributed by atoms with E-state index < -0.39 is 0 Å². The highest BCUT2D eigenvalue weighted by atomic mass is 32.1. The van der Waals surface area contributed by atoms with Gasteiger partial charge in [0.2, 0.25) is 5.69 Å². The van der Waals surface area contributed by atoms with Crippen LogP contribution in [0.4, 0.5) is 5.69 Å². The van der Waals surface area contributed by atoms with Gasteiger partial charge in [-0.25, -0.2) is 0 Å². The summed E-state index contributed by atoms with van der Waals surface area (Å²) in [6.07, 6.45) is 6.05. The average molecular weight is 409 g/mol. The van der Waals surface area contributed by atoms with Crippen molar-refractivity contribution in [2.24, 2.45) is 0 Å². The van der Waals surface area contributed by atoms with Gasteiger partial charge in [0, 0.05) is 22.6 Å². The molecule has 0 N–H and O–H groups in total. The highest BCUT2D eigenvalue weighted by Gasteiger charge is 2.20. The molecule has 2 aromatic heterocycles. The number of fused-ring (bicyclic) bond motifs is 2. The maximum absolute atomic E-state index is 4.49. The summed E-state index contributed by atoms with van der Waals surface area (Å²) in [7, 11) is 0. The van der Waals surface area contributed by atoms with Crippen molar-refractivity contribution in [1.29, 1.82) is 0 Å². The molecule has 0 spiro atoms. The molecule has 1 aliphatic heterocycles. The van der Waals surface area contributed by atoms with Crippen LogP contribution in [-0.4, -0.2) is 0 Å². The molecule has 2 nitrogen and oxygen atoms in total. The molecule has 0 radical (unpaired) electrons. The second-order valence-electron chi connectivity index (χ2n) is 8.76.